The molecule has 0 radical (unpaired) electrons. The molecule has 18 heteroatoms. The second-order valence-electron chi connectivity index (χ2n) is 23.1. The standard InChI is InChI=1S/C47H74O18/c1-42(2)14-16-47(41(58)59)17-15-45(6)21(22(47)18-42)8-9-26-44(5)12-11-27(43(3,4)25(44)10-13-46(26,45)7)62-40-36(65-38-31(53)28(50)23(49)20-60-38)34(33(55)35(64-40)37(56)57)63-39-32(54)30(52)29(51)24(19-48)61-39/h8,22-36,38-40,48-55H,9-20H2,1-7H3,(H,56,57)(H,58,59)/t22-,23+,24+,25-,26+,27+,28-,29-,30-,31+,32+,33-,34-,35-,36+,38-,39-,40+,44-,45+,46+,47-/m0/s1. The van der Waals surface area contributed by atoms with Crippen LogP contribution >= 0.6 is 0 Å². The molecule has 7 fully saturated rings. The Labute approximate surface area is 380 Å². The molecular formula is C47H74O18. The number of aliphatic hydroxyl groups is 8. The summed E-state index contributed by atoms with van der Waals surface area (Å²) < 4.78 is 36.3. The van der Waals surface area contributed by atoms with Crippen LogP contribution in [0.2, 0.25) is 0 Å². The fraction of sp³-hybridized carbons (Fsp3) is 0.915. The van der Waals surface area contributed by atoms with Gasteiger partial charge in [-0.05, 0) is 109 Å². The summed E-state index contributed by atoms with van der Waals surface area (Å²) >= 11 is 0. The van der Waals surface area contributed by atoms with Crippen molar-refractivity contribution in [3.05, 3.63) is 11.6 Å². The molecule has 0 aromatic carbocycles. The van der Waals surface area contributed by atoms with Crippen molar-refractivity contribution in [2.75, 3.05) is 13.2 Å². The van der Waals surface area contributed by atoms with E-state index < -0.39 is 128 Å². The number of hydrogen-bond acceptors (Lipinski definition) is 16. The van der Waals surface area contributed by atoms with Gasteiger partial charge in [-0.2, -0.15) is 0 Å². The summed E-state index contributed by atoms with van der Waals surface area (Å²) in [5.74, 6) is -1.95. The van der Waals surface area contributed by atoms with E-state index in [-0.39, 0.29) is 39.4 Å². The van der Waals surface area contributed by atoms with Gasteiger partial charge in [0.1, 0.15) is 61.0 Å². The lowest BCUT2D eigenvalue weighted by molar-refractivity contribution is -0.391. The molecule has 10 N–H and O–H groups in total. The molecule has 370 valence electrons. The van der Waals surface area contributed by atoms with Crippen LogP contribution < -0.4 is 0 Å². The van der Waals surface area contributed by atoms with Gasteiger partial charge in [-0.1, -0.05) is 60.1 Å². The molecule has 8 aliphatic rings. The molecule has 0 aromatic rings. The predicted octanol–water partition coefficient (Wildman–Crippen LogP) is 1.44. The molecule has 4 saturated carbocycles. The van der Waals surface area contributed by atoms with Crippen molar-refractivity contribution >= 4 is 11.9 Å². The highest BCUT2D eigenvalue weighted by Gasteiger charge is 2.70. The van der Waals surface area contributed by atoms with E-state index >= 15 is 0 Å². The molecule has 0 unspecified atom stereocenters. The van der Waals surface area contributed by atoms with Crippen LogP contribution in [-0.4, -0.2) is 168 Å². The maximum absolute atomic E-state index is 13.2. The number of carboxylic acid groups (broad SMARTS) is 2. The number of carboxylic acids is 2. The predicted molar refractivity (Wildman–Crippen MR) is 225 cm³/mol. The summed E-state index contributed by atoms with van der Waals surface area (Å²) in [5.41, 5.74) is -0.471. The van der Waals surface area contributed by atoms with E-state index in [4.69, 9.17) is 28.4 Å². The number of fused-ring (bicyclic) bond motifs is 7. The van der Waals surface area contributed by atoms with Crippen LogP contribution in [0.15, 0.2) is 11.6 Å². The normalized spacial score (nSPS) is 52.8. The summed E-state index contributed by atoms with van der Waals surface area (Å²) in [7, 11) is 0. The van der Waals surface area contributed by atoms with Crippen LogP contribution in [0, 0.1) is 50.2 Å². The monoisotopic (exact) mass is 926 g/mol. The van der Waals surface area contributed by atoms with Crippen LogP contribution in [-0.2, 0) is 38.0 Å². The maximum Gasteiger partial charge on any atom is 0.335 e. The van der Waals surface area contributed by atoms with Crippen molar-refractivity contribution in [3.63, 3.8) is 0 Å². The fourth-order valence-electron chi connectivity index (χ4n) is 14.8. The highest BCUT2D eigenvalue weighted by Crippen LogP contribution is 2.76. The molecule has 0 bridgehead atoms. The number of rotatable bonds is 9. The van der Waals surface area contributed by atoms with E-state index in [0.717, 1.165) is 44.9 Å². The van der Waals surface area contributed by atoms with Crippen molar-refractivity contribution in [1.82, 2.24) is 0 Å². The summed E-state index contributed by atoms with van der Waals surface area (Å²) in [6.45, 7) is 14.7. The zero-order valence-electron chi connectivity index (χ0n) is 38.7. The summed E-state index contributed by atoms with van der Waals surface area (Å²) in [6, 6.07) is 0. The van der Waals surface area contributed by atoms with E-state index in [0.29, 0.717) is 19.3 Å². The van der Waals surface area contributed by atoms with Crippen LogP contribution in [0.3, 0.4) is 0 Å². The van der Waals surface area contributed by atoms with E-state index in [9.17, 15) is 60.7 Å². The van der Waals surface area contributed by atoms with Gasteiger partial charge in [0.15, 0.2) is 25.0 Å². The van der Waals surface area contributed by atoms with E-state index in [2.05, 4.69) is 54.5 Å². The first-order chi connectivity index (χ1) is 30.3. The fourth-order valence-corrected chi connectivity index (χ4v) is 14.8. The van der Waals surface area contributed by atoms with Crippen molar-refractivity contribution in [2.45, 2.75) is 205 Å². The topological polar surface area (TPSA) is 292 Å². The van der Waals surface area contributed by atoms with Crippen LogP contribution in [0.4, 0.5) is 0 Å². The van der Waals surface area contributed by atoms with Gasteiger partial charge in [0.2, 0.25) is 0 Å². The Kier molecular flexibility index (Phi) is 13.1. The smallest absolute Gasteiger partial charge is 0.335 e. The van der Waals surface area contributed by atoms with Crippen LogP contribution in [0.5, 0.6) is 0 Å². The minimum Gasteiger partial charge on any atom is -0.481 e. The molecule has 0 amide bonds. The van der Waals surface area contributed by atoms with Gasteiger partial charge in [-0.25, -0.2) is 4.79 Å². The van der Waals surface area contributed by atoms with Gasteiger partial charge in [-0.3, -0.25) is 4.79 Å². The largest absolute Gasteiger partial charge is 0.481 e. The minimum absolute atomic E-state index is 0.0212. The third kappa shape index (κ3) is 7.76. The zero-order valence-corrected chi connectivity index (χ0v) is 38.7. The highest BCUT2D eigenvalue weighted by molar-refractivity contribution is 5.76. The molecule has 0 spiro atoms. The first-order valence-electron chi connectivity index (χ1n) is 23.7. The molecule has 65 heavy (non-hydrogen) atoms. The number of allylic oxidation sites excluding steroid dienone is 2. The van der Waals surface area contributed by atoms with E-state index in [1.165, 1.54) is 5.57 Å². The average molecular weight is 927 g/mol. The van der Waals surface area contributed by atoms with E-state index in [1.807, 2.05) is 0 Å². The maximum atomic E-state index is 13.2. The molecule has 22 atom stereocenters. The molecule has 8 rings (SSSR count). The molecule has 3 saturated heterocycles. The summed E-state index contributed by atoms with van der Waals surface area (Å²) in [6.07, 6.45) is -15.3. The Bertz CT molecular complexity index is 1820. The average Bonchev–Trinajstić information content (AvgIpc) is 3.23. The first-order valence-corrected chi connectivity index (χ1v) is 23.7. The Morgan fingerprint density at radius 3 is 2.02 bits per heavy atom. The molecule has 0 aromatic heterocycles. The molecule has 3 heterocycles. The van der Waals surface area contributed by atoms with Crippen molar-refractivity contribution < 1.29 is 89.1 Å². The van der Waals surface area contributed by atoms with Gasteiger partial charge in [0.05, 0.1) is 24.7 Å². The number of ether oxygens (including phenoxy) is 6. The SMILES string of the molecule is CC1(C)CC[C@]2(C(=O)O)CC[C@]3(C)C(=CC[C@@H]4[C@@]5(C)CC[C@@H](O[C@@H]6O[C@H](C(=O)O)[C@@H](O)[C@H](O[C@@H]7O[C@H](CO)[C@H](O)[C@H](O)[C@H]7O)[C@H]6O[C@@H]6OC[C@@H](O)[C@H](O)[C@H]6O)C(C)(C)[C@@H]5CC[C@]43C)[C@@H]2C1. The molecule has 5 aliphatic carbocycles. The van der Waals surface area contributed by atoms with Crippen LogP contribution in [0.1, 0.15) is 113 Å². The lowest BCUT2D eigenvalue weighted by atomic mass is 9.33. The van der Waals surface area contributed by atoms with Crippen molar-refractivity contribution in [3.8, 4) is 0 Å². The number of hydrogen-bond donors (Lipinski definition) is 10. The first kappa shape index (κ1) is 49.5. The quantitative estimate of drug-likeness (QED) is 0.116. The van der Waals surface area contributed by atoms with Gasteiger partial charge < -0.3 is 79.5 Å². The van der Waals surface area contributed by atoms with Crippen molar-refractivity contribution in [1.29, 1.82) is 0 Å². The van der Waals surface area contributed by atoms with Crippen LogP contribution in [0.25, 0.3) is 0 Å². The minimum atomic E-state index is -2.06. The second-order valence-corrected chi connectivity index (χ2v) is 23.1. The van der Waals surface area contributed by atoms with Crippen molar-refractivity contribution in [2.24, 2.45) is 50.2 Å². The Balaban J connectivity index is 1.10. The molecule has 3 aliphatic heterocycles. The lowest BCUT2D eigenvalue weighted by Crippen LogP contribution is -2.68. The summed E-state index contributed by atoms with van der Waals surface area (Å²) in [4.78, 5) is 25.9. The highest BCUT2D eigenvalue weighted by atomic mass is 16.8. The number of aliphatic carboxylic acids is 2. The third-order valence-corrected chi connectivity index (χ3v) is 18.9. The van der Waals surface area contributed by atoms with E-state index in [1.54, 1.807) is 0 Å². The van der Waals surface area contributed by atoms with Gasteiger partial charge >= 0.3 is 11.9 Å². The third-order valence-electron chi connectivity index (χ3n) is 18.9. The van der Waals surface area contributed by atoms with Gasteiger partial charge in [0, 0.05) is 0 Å². The summed E-state index contributed by atoms with van der Waals surface area (Å²) in [5, 5.41) is 106. The Morgan fingerprint density at radius 1 is 0.692 bits per heavy atom. The molecular weight excluding hydrogens is 852 g/mol. The Morgan fingerprint density at radius 2 is 1.35 bits per heavy atom. The lowest BCUT2D eigenvalue weighted by Gasteiger charge is -2.71. The number of carbonyl (C=O) groups is 2. The number of aliphatic hydroxyl groups excluding tert-OH is 8. The molecule has 18 nitrogen and oxygen atoms in total. The second kappa shape index (κ2) is 17.2. The zero-order chi connectivity index (χ0) is 47.6. The van der Waals surface area contributed by atoms with Gasteiger partial charge in [-0.15, -0.1) is 0 Å². The van der Waals surface area contributed by atoms with Gasteiger partial charge in [0.25, 0.3) is 0 Å². The Hall–Kier alpha value is -1.88.